The van der Waals surface area contributed by atoms with Crippen LogP contribution in [0.15, 0.2) is 0 Å². The first-order valence-electron chi connectivity index (χ1n) is 6.00. The van der Waals surface area contributed by atoms with Crippen LogP contribution < -0.4 is 0 Å². The third-order valence-corrected chi connectivity index (χ3v) is 8.16. The second-order valence-electron chi connectivity index (χ2n) is 5.07. The molecule has 1 aliphatic rings. The number of esters is 1. The van der Waals surface area contributed by atoms with Crippen LogP contribution in [0.5, 0.6) is 0 Å². The zero-order chi connectivity index (χ0) is 11.9. The van der Waals surface area contributed by atoms with E-state index >= 15 is 0 Å². The fraction of sp³-hybridized carbons (Fsp3) is 0.917. The van der Waals surface area contributed by atoms with E-state index in [0.717, 1.165) is 5.54 Å². The summed E-state index contributed by atoms with van der Waals surface area (Å²) in [6, 6.07) is 1.58. The lowest BCUT2D eigenvalue weighted by Gasteiger charge is -2.34. The molecule has 1 rings (SSSR count). The number of carbonyl (C=O) groups excluding carboxylic acids is 1. The van der Waals surface area contributed by atoms with Gasteiger partial charge in [0.25, 0.3) is 0 Å². The lowest BCUT2D eigenvalue weighted by atomic mass is 10.2. The SMILES string of the molecule is CC1CCCC[Si]1(C)C.CCC(=O)OC. The molecule has 0 amide bonds. The molecule has 0 bridgehead atoms. The van der Waals surface area contributed by atoms with Gasteiger partial charge in [-0.3, -0.25) is 4.79 Å². The molecule has 3 heteroatoms. The van der Waals surface area contributed by atoms with Gasteiger partial charge < -0.3 is 4.74 Å². The van der Waals surface area contributed by atoms with Crippen LogP contribution in [0.1, 0.15) is 39.5 Å². The van der Waals surface area contributed by atoms with Crippen molar-refractivity contribution in [2.75, 3.05) is 7.11 Å². The van der Waals surface area contributed by atoms with Gasteiger partial charge in [-0.2, -0.15) is 0 Å². The second-order valence-corrected chi connectivity index (χ2v) is 10.5. The number of hydrogen-bond donors (Lipinski definition) is 0. The molecule has 1 atom stereocenters. The third-order valence-electron chi connectivity index (χ3n) is 3.56. The first kappa shape index (κ1) is 14.7. The summed E-state index contributed by atoms with van der Waals surface area (Å²) in [6.45, 7) is 9.28. The lowest BCUT2D eigenvalue weighted by Crippen LogP contribution is -2.33. The van der Waals surface area contributed by atoms with Crippen molar-refractivity contribution in [2.24, 2.45) is 0 Å². The Balaban J connectivity index is 0.000000288. The van der Waals surface area contributed by atoms with E-state index < -0.39 is 8.07 Å². The van der Waals surface area contributed by atoms with Gasteiger partial charge in [0.1, 0.15) is 0 Å². The number of ether oxygens (including phenoxy) is 1. The van der Waals surface area contributed by atoms with E-state index in [1.165, 1.54) is 26.4 Å². The Morgan fingerprint density at radius 2 is 2.00 bits per heavy atom. The molecule has 0 spiro atoms. The van der Waals surface area contributed by atoms with E-state index in [4.69, 9.17) is 0 Å². The highest BCUT2D eigenvalue weighted by Gasteiger charge is 2.30. The third kappa shape index (κ3) is 5.98. The van der Waals surface area contributed by atoms with Crippen LogP contribution in [0.25, 0.3) is 0 Å². The van der Waals surface area contributed by atoms with Gasteiger partial charge in [0.15, 0.2) is 0 Å². The van der Waals surface area contributed by atoms with Crippen LogP contribution >= 0.6 is 0 Å². The topological polar surface area (TPSA) is 26.3 Å². The van der Waals surface area contributed by atoms with Crippen molar-refractivity contribution >= 4 is 14.0 Å². The maximum absolute atomic E-state index is 9.96. The molecule has 1 unspecified atom stereocenters. The average Bonchev–Trinajstić information content (AvgIpc) is 2.22. The summed E-state index contributed by atoms with van der Waals surface area (Å²) in [7, 11) is 0.687. The summed E-state index contributed by atoms with van der Waals surface area (Å²) in [6.07, 6.45) is 5.00. The van der Waals surface area contributed by atoms with Crippen molar-refractivity contribution in [3.05, 3.63) is 0 Å². The summed E-state index contributed by atoms with van der Waals surface area (Å²) in [5.74, 6) is -0.157. The van der Waals surface area contributed by atoms with Crippen LogP contribution in [-0.4, -0.2) is 21.2 Å². The predicted molar refractivity (Wildman–Crippen MR) is 67.9 cm³/mol. The molecule has 1 saturated heterocycles. The maximum Gasteiger partial charge on any atom is 0.305 e. The van der Waals surface area contributed by atoms with Crippen molar-refractivity contribution in [2.45, 2.75) is 64.2 Å². The number of hydrogen-bond acceptors (Lipinski definition) is 2. The van der Waals surface area contributed by atoms with Crippen LogP contribution in [-0.2, 0) is 9.53 Å². The highest BCUT2D eigenvalue weighted by molar-refractivity contribution is 6.78. The molecule has 0 radical (unpaired) electrons. The van der Waals surface area contributed by atoms with E-state index in [0.29, 0.717) is 6.42 Å². The number of carbonyl (C=O) groups is 1. The van der Waals surface area contributed by atoms with E-state index in [2.05, 4.69) is 24.8 Å². The van der Waals surface area contributed by atoms with Crippen LogP contribution in [0.4, 0.5) is 0 Å². The van der Waals surface area contributed by atoms with Crippen molar-refractivity contribution < 1.29 is 9.53 Å². The summed E-state index contributed by atoms with van der Waals surface area (Å²) < 4.78 is 4.26. The summed E-state index contributed by atoms with van der Waals surface area (Å²) >= 11 is 0. The highest BCUT2D eigenvalue weighted by Crippen LogP contribution is 2.36. The van der Waals surface area contributed by atoms with Gasteiger partial charge in [-0.05, 0) is 5.54 Å². The van der Waals surface area contributed by atoms with Crippen molar-refractivity contribution in [3.8, 4) is 0 Å². The van der Waals surface area contributed by atoms with Crippen LogP contribution in [0, 0.1) is 0 Å². The minimum absolute atomic E-state index is 0.157. The molecular formula is C12H26O2Si. The molecule has 15 heavy (non-hydrogen) atoms. The summed E-state index contributed by atoms with van der Waals surface area (Å²) in [5.41, 5.74) is 1.09. The minimum Gasteiger partial charge on any atom is -0.469 e. The predicted octanol–water partition coefficient (Wildman–Crippen LogP) is 3.84. The van der Waals surface area contributed by atoms with Crippen LogP contribution in [0.3, 0.4) is 0 Å². The van der Waals surface area contributed by atoms with E-state index in [1.807, 2.05) is 0 Å². The molecule has 0 N–H and O–H groups in total. The molecule has 0 aromatic carbocycles. The first-order chi connectivity index (χ1) is 6.94. The van der Waals surface area contributed by atoms with E-state index in [1.54, 1.807) is 13.0 Å². The molecule has 1 fully saturated rings. The second kappa shape index (κ2) is 7.04. The Morgan fingerprint density at radius 1 is 1.40 bits per heavy atom. The Morgan fingerprint density at radius 3 is 2.20 bits per heavy atom. The Hall–Kier alpha value is -0.313. The molecule has 1 heterocycles. The fourth-order valence-corrected chi connectivity index (χ4v) is 4.45. The average molecular weight is 230 g/mol. The van der Waals surface area contributed by atoms with Gasteiger partial charge in [0.2, 0.25) is 0 Å². The molecule has 2 nitrogen and oxygen atoms in total. The van der Waals surface area contributed by atoms with Crippen molar-refractivity contribution in [3.63, 3.8) is 0 Å². The summed E-state index contributed by atoms with van der Waals surface area (Å²) in [4.78, 5) is 9.96. The smallest absolute Gasteiger partial charge is 0.305 e. The van der Waals surface area contributed by atoms with Gasteiger partial charge in [0, 0.05) is 6.42 Å². The number of rotatable bonds is 1. The molecule has 0 aliphatic carbocycles. The zero-order valence-corrected chi connectivity index (χ0v) is 11.9. The highest BCUT2D eigenvalue weighted by atomic mass is 28.3. The maximum atomic E-state index is 9.96. The Kier molecular flexibility index (Phi) is 6.90. The lowest BCUT2D eigenvalue weighted by molar-refractivity contribution is -0.140. The molecule has 90 valence electrons. The number of methoxy groups -OCH3 is 1. The van der Waals surface area contributed by atoms with Crippen molar-refractivity contribution in [1.82, 2.24) is 0 Å². The molecule has 0 aromatic heterocycles. The van der Waals surface area contributed by atoms with E-state index in [-0.39, 0.29) is 5.97 Å². The summed E-state index contributed by atoms with van der Waals surface area (Å²) in [5, 5.41) is 0. The Bertz CT molecular complexity index is 184. The molecule has 0 aromatic rings. The van der Waals surface area contributed by atoms with Gasteiger partial charge in [0.05, 0.1) is 15.2 Å². The van der Waals surface area contributed by atoms with Crippen LogP contribution in [0.2, 0.25) is 24.7 Å². The van der Waals surface area contributed by atoms with Gasteiger partial charge in [-0.1, -0.05) is 52.2 Å². The quantitative estimate of drug-likeness (QED) is 0.505. The van der Waals surface area contributed by atoms with E-state index in [9.17, 15) is 4.79 Å². The molecule has 1 aliphatic heterocycles. The largest absolute Gasteiger partial charge is 0.469 e. The minimum atomic E-state index is -0.694. The molecule has 0 saturated carbocycles. The normalized spacial score (nSPS) is 23.7. The van der Waals surface area contributed by atoms with Gasteiger partial charge >= 0.3 is 5.97 Å². The first-order valence-corrected chi connectivity index (χ1v) is 9.29. The van der Waals surface area contributed by atoms with Gasteiger partial charge in [-0.15, -0.1) is 0 Å². The van der Waals surface area contributed by atoms with Crippen molar-refractivity contribution in [1.29, 1.82) is 0 Å². The zero-order valence-electron chi connectivity index (χ0n) is 10.9. The standard InChI is InChI=1S/C8H18Si.C4H8O2/c1-8-6-4-5-7-9(8,2)3;1-3-4(5)6-2/h8H,4-7H2,1-3H3;3H2,1-2H3. The Labute approximate surface area is 95.4 Å². The molecular weight excluding hydrogens is 204 g/mol. The monoisotopic (exact) mass is 230 g/mol. The fourth-order valence-electron chi connectivity index (χ4n) is 1.81. The van der Waals surface area contributed by atoms with Gasteiger partial charge in [-0.25, -0.2) is 0 Å².